The lowest BCUT2D eigenvalue weighted by Gasteiger charge is -2.22. The molecule has 0 bridgehead atoms. The summed E-state index contributed by atoms with van der Waals surface area (Å²) in [5.41, 5.74) is 9.34. The molecule has 4 rings (SSSR count). The first kappa shape index (κ1) is 24.4. The van der Waals surface area contributed by atoms with Crippen LogP contribution in [0.3, 0.4) is 0 Å². The average Bonchev–Trinajstić information content (AvgIpc) is 3.60. The first-order valence-electron chi connectivity index (χ1n) is 12.3. The molecule has 2 aliphatic rings. The van der Waals surface area contributed by atoms with Gasteiger partial charge in [-0.05, 0) is 55.5 Å². The molecule has 1 aromatic heterocycles. The Kier molecular flexibility index (Phi) is 8.13. The van der Waals surface area contributed by atoms with Gasteiger partial charge in [0.1, 0.15) is 6.04 Å². The van der Waals surface area contributed by atoms with Crippen LogP contribution >= 0.6 is 0 Å². The second-order valence-electron chi connectivity index (χ2n) is 9.36. The van der Waals surface area contributed by atoms with Gasteiger partial charge in [0.25, 0.3) is 5.91 Å². The summed E-state index contributed by atoms with van der Waals surface area (Å²) in [5.74, 6) is 0.398. The molecule has 2 saturated carbocycles. The Morgan fingerprint density at radius 3 is 2.63 bits per heavy atom. The lowest BCUT2D eigenvalue weighted by molar-refractivity contribution is -0.122. The predicted molar refractivity (Wildman–Crippen MR) is 139 cm³/mol. The Bertz CT molecular complexity index is 1100. The normalized spacial score (nSPS) is 17.3. The second-order valence-corrected chi connectivity index (χ2v) is 9.36. The van der Waals surface area contributed by atoms with E-state index in [1.807, 2.05) is 24.4 Å². The first-order valence-corrected chi connectivity index (χ1v) is 12.3. The van der Waals surface area contributed by atoms with Crippen molar-refractivity contribution in [1.29, 1.82) is 0 Å². The SMILES string of the molecule is CN=C/C(=C\N)NC(=O)C(CC1CCCC1)NC(=O)c1cccc(Nc2ccnc(C3CC3)c2)c1. The summed E-state index contributed by atoms with van der Waals surface area (Å²) in [7, 11) is 1.60. The highest BCUT2D eigenvalue weighted by Gasteiger charge is 2.28. The molecule has 35 heavy (non-hydrogen) atoms. The summed E-state index contributed by atoms with van der Waals surface area (Å²) in [5, 5.41) is 9.10. The number of nitrogens with two attached hydrogens (primary N) is 1. The number of allylic oxidation sites excluding steroid dienone is 1. The number of nitrogens with zero attached hydrogens (tertiary/aromatic N) is 2. The van der Waals surface area contributed by atoms with E-state index in [0.29, 0.717) is 29.5 Å². The molecule has 0 spiro atoms. The summed E-state index contributed by atoms with van der Waals surface area (Å²) >= 11 is 0. The van der Waals surface area contributed by atoms with E-state index in [9.17, 15) is 9.59 Å². The molecule has 1 atom stereocenters. The summed E-state index contributed by atoms with van der Waals surface area (Å²) in [4.78, 5) is 34.6. The fraction of sp³-hybridized carbons (Fsp3) is 0.407. The Balaban J connectivity index is 1.45. The van der Waals surface area contributed by atoms with Crippen LogP contribution in [0.2, 0.25) is 0 Å². The molecule has 184 valence electrons. The van der Waals surface area contributed by atoms with Gasteiger partial charge in [0, 0.05) is 54.2 Å². The summed E-state index contributed by atoms with van der Waals surface area (Å²) in [6, 6.07) is 10.6. The molecule has 2 amide bonds. The predicted octanol–water partition coefficient (Wildman–Crippen LogP) is 4.00. The molecule has 1 unspecified atom stereocenters. The van der Waals surface area contributed by atoms with Crippen molar-refractivity contribution >= 4 is 29.4 Å². The minimum atomic E-state index is -0.663. The third-order valence-electron chi connectivity index (χ3n) is 6.57. The molecule has 0 aliphatic heterocycles. The number of nitrogens with one attached hydrogen (secondary N) is 3. The van der Waals surface area contributed by atoms with Gasteiger partial charge in [-0.15, -0.1) is 0 Å². The van der Waals surface area contributed by atoms with Crippen LogP contribution in [0.15, 0.2) is 59.5 Å². The van der Waals surface area contributed by atoms with Crippen LogP contribution < -0.4 is 21.7 Å². The number of benzene rings is 1. The topological polar surface area (TPSA) is 121 Å². The minimum Gasteiger partial charge on any atom is -0.403 e. The van der Waals surface area contributed by atoms with Crippen molar-refractivity contribution in [3.63, 3.8) is 0 Å². The molecule has 5 N–H and O–H groups in total. The monoisotopic (exact) mass is 474 g/mol. The van der Waals surface area contributed by atoms with Gasteiger partial charge in [0.05, 0.1) is 5.70 Å². The number of amides is 2. The zero-order valence-electron chi connectivity index (χ0n) is 20.2. The number of rotatable bonds is 10. The van der Waals surface area contributed by atoms with Gasteiger partial charge >= 0.3 is 0 Å². The number of carbonyl (C=O) groups is 2. The highest BCUT2D eigenvalue weighted by atomic mass is 16.2. The standard InChI is InChI=1S/C27H34N6O2/c1-29-17-23(16-28)32-27(35)25(13-18-5-2-3-6-18)33-26(34)20-7-4-8-21(14-20)31-22-11-12-30-24(15-22)19-9-10-19/h4,7-8,11-12,14-19,25H,2-3,5-6,9-10,13,28H2,1H3,(H,30,31)(H,32,35)(H,33,34)/b23-16+,29-17?. The molecule has 2 fully saturated rings. The van der Waals surface area contributed by atoms with Crippen LogP contribution in [0, 0.1) is 5.92 Å². The number of hydrogen-bond donors (Lipinski definition) is 4. The van der Waals surface area contributed by atoms with Crippen molar-refractivity contribution in [2.45, 2.75) is 56.9 Å². The lowest BCUT2D eigenvalue weighted by atomic mass is 9.97. The van der Waals surface area contributed by atoms with E-state index >= 15 is 0 Å². The van der Waals surface area contributed by atoms with Gasteiger partial charge in [-0.3, -0.25) is 19.6 Å². The fourth-order valence-corrected chi connectivity index (χ4v) is 4.57. The van der Waals surface area contributed by atoms with E-state index in [4.69, 9.17) is 5.73 Å². The zero-order chi connectivity index (χ0) is 24.6. The zero-order valence-corrected chi connectivity index (χ0v) is 20.2. The van der Waals surface area contributed by atoms with E-state index in [2.05, 4.69) is 32.0 Å². The van der Waals surface area contributed by atoms with E-state index in [0.717, 1.165) is 42.8 Å². The minimum absolute atomic E-state index is 0.289. The molecule has 1 heterocycles. The Morgan fingerprint density at radius 1 is 1.14 bits per heavy atom. The van der Waals surface area contributed by atoms with E-state index in [1.54, 1.807) is 19.2 Å². The summed E-state index contributed by atoms with van der Waals surface area (Å²) < 4.78 is 0. The molecule has 1 aromatic carbocycles. The first-order chi connectivity index (χ1) is 17.1. The smallest absolute Gasteiger partial charge is 0.252 e. The van der Waals surface area contributed by atoms with Gasteiger partial charge < -0.3 is 21.7 Å². The molecule has 2 aromatic rings. The lowest BCUT2D eigenvalue weighted by Crippen LogP contribution is -2.47. The Labute approximate surface area is 206 Å². The van der Waals surface area contributed by atoms with Crippen molar-refractivity contribution in [2.24, 2.45) is 16.6 Å². The largest absolute Gasteiger partial charge is 0.403 e. The maximum absolute atomic E-state index is 13.2. The number of pyridine rings is 1. The Hall–Kier alpha value is -3.68. The fourth-order valence-electron chi connectivity index (χ4n) is 4.57. The van der Waals surface area contributed by atoms with Crippen molar-refractivity contribution in [3.05, 3.63) is 65.7 Å². The van der Waals surface area contributed by atoms with Gasteiger partial charge in [-0.2, -0.15) is 0 Å². The molecular weight excluding hydrogens is 440 g/mol. The second kappa shape index (κ2) is 11.6. The van der Waals surface area contributed by atoms with Crippen molar-refractivity contribution in [1.82, 2.24) is 15.6 Å². The molecule has 0 saturated heterocycles. The molecular formula is C27H34N6O2. The van der Waals surface area contributed by atoms with Crippen LogP contribution in [0.1, 0.15) is 66.9 Å². The van der Waals surface area contributed by atoms with Crippen molar-refractivity contribution in [3.8, 4) is 0 Å². The van der Waals surface area contributed by atoms with Crippen LogP contribution in [0.25, 0.3) is 0 Å². The maximum Gasteiger partial charge on any atom is 0.252 e. The highest BCUT2D eigenvalue weighted by molar-refractivity contribution is 5.99. The van der Waals surface area contributed by atoms with Gasteiger partial charge in [-0.1, -0.05) is 31.7 Å². The number of aliphatic imine (C=N–C) groups is 1. The number of hydrogen-bond acceptors (Lipinski definition) is 6. The van der Waals surface area contributed by atoms with Crippen LogP contribution in [0.4, 0.5) is 11.4 Å². The van der Waals surface area contributed by atoms with Gasteiger partial charge in [0.15, 0.2) is 0 Å². The average molecular weight is 475 g/mol. The molecule has 0 radical (unpaired) electrons. The molecule has 2 aliphatic carbocycles. The molecule has 8 nitrogen and oxygen atoms in total. The van der Waals surface area contributed by atoms with Crippen molar-refractivity contribution in [2.75, 3.05) is 12.4 Å². The maximum atomic E-state index is 13.2. The van der Waals surface area contributed by atoms with Crippen molar-refractivity contribution < 1.29 is 9.59 Å². The number of aromatic nitrogens is 1. The van der Waals surface area contributed by atoms with Gasteiger partial charge in [-0.25, -0.2) is 0 Å². The van der Waals surface area contributed by atoms with E-state index in [1.165, 1.54) is 25.3 Å². The molecule has 8 heteroatoms. The van der Waals surface area contributed by atoms with E-state index in [-0.39, 0.29) is 11.8 Å². The quantitative estimate of drug-likeness (QED) is 0.388. The number of anilines is 2. The summed E-state index contributed by atoms with van der Waals surface area (Å²) in [6.45, 7) is 0. The third-order valence-corrected chi connectivity index (χ3v) is 6.57. The van der Waals surface area contributed by atoms with Crippen LogP contribution in [0.5, 0.6) is 0 Å². The van der Waals surface area contributed by atoms with Crippen LogP contribution in [-0.4, -0.2) is 36.1 Å². The summed E-state index contributed by atoms with van der Waals surface area (Å²) in [6.07, 6.45) is 12.0. The van der Waals surface area contributed by atoms with Gasteiger partial charge in [0.2, 0.25) is 5.91 Å². The van der Waals surface area contributed by atoms with Crippen LogP contribution in [-0.2, 0) is 4.79 Å². The van der Waals surface area contributed by atoms with E-state index < -0.39 is 6.04 Å². The highest BCUT2D eigenvalue weighted by Crippen LogP contribution is 2.39. The third kappa shape index (κ3) is 6.91. The Morgan fingerprint density at radius 2 is 1.91 bits per heavy atom. The number of carbonyl (C=O) groups excluding carboxylic acids is 2.